The van der Waals surface area contributed by atoms with E-state index in [1.165, 1.54) is 18.2 Å². The quantitative estimate of drug-likeness (QED) is 0.732. The standard InChI is InChI=1S/C20H19ClFN3O/c1-13-18(14(2)25(24-13)17-6-4-3-5-7-17)11-20(26)23-12-15-10-16(21)8-9-19(15)22/h3-10H,11-12H2,1-2H3,(H,23,26). The Kier molecular flexibility index (Phi) is 5.38. The molecule has 0 spiro atoms. The zero-order valence-corrected chi connectivity index (χ0v) is 15.3. The van der Waals surface area contributed by atoms with Crippen LogP contribution in [-0.2, 0) is 17.8 Å². The van der Waals surface area contributed by atoms with Gasteiger partial charge in [0.05, 0.1) is 17.8 Å². The summed E-state index contributed by atoms with van der Waals surface area (Å²) in [6.45, 7) is 3.91. The van der Waals surface area contributed by atoms with E-state index >= 15 is 0 Å². The molecule has 0 saturated heterocycles. The normalized spacial score (nSPS) is 10.8. The first-order valence-corrected chi connectivity index (χ1v) is 8.64. The van der Waals surface area contributed by atoms with Crippen LogP contribution in [-0.4, -0.2) is 15.7 Å². The van der Waals surface area contributed by atoms with Gasteiger partial charge in [0.2, 0.25) is 5.91 Å². The Morgan fingerprint density at radius 2 is 1.92 bits per heavy atom. The predicted molar refractivity (Wildman–Crippen MR) is 100.0 cm³/mol. The van der Waals surface area contributed by atoms with Gasteiger partial charge in [0, 0.05) is 28.4 Å². The van der Waals surface area contributed by atoms with Crippen molar-refractivity contribution in [1.82, 2.24) is 15.1 Å². The van der Waals surface area contributed by atoms with Gasteiger partial charge in [-0.2, -0.15) is 5.10 Å². The number of halogens is 2. The summed E-state index contributed by atoms with van der Waals surface area (Å²) < 4.78 is 15.6. The molecule has 0 bridgehead atoms. The number of carbonyl (C=O) groups is 1. The van der Waals surface area contributed by atoms with Crippen LogP contribution in [0.2, 0.25) is 5.02 Å². The van der Waals surface area contributed by atoms with Crippen LogP contribution in [0.1, 0.15) is 22.5 Å². The van der Waals surface area contributed by atoms with Crippen molar-refractivity contribution in [3.05, 3.63) is 81.9 Å². The van der Waals surface area contributed by atoms with E-state index in [1.807, 2.05) is 48.9 Å². The molecule has 2 aromatic carbocycles. The molecule has 0 radical (unpaired) electrons. The maximum Gasteiger partial charge on any atom is 0.224 e. The molecule has 4 nitrogen and oxygen atoms in total. The lowest BCUT2D eigenvalue weighted by atomic mass is 10.1. The summed E-state index contributed by atoms with van der Waals surface area (Å²) in [5.41, 5.74) is 3.89. The first-order chi connectivity index (χ1) is 12.5. The monoisotopic (exact) mass is 371 g/mol. The second kappa shape index (κ2) is 7.70. The number of amides is 1. The van der Waals surface area contributed by atoms with E-state index in [1.54, 1.807) is 0 Å². The van der Waals surface area contributed by atoms with E-state index in [-0.39, 0.29) is 24.7 Å². The highest BCUT2D eigenvalue weighted by molar-refractivity contribution is 6.30. The van der Waals surface area contributed by atoms with Crippen molar-refractivity contribution in [1.29, 1.82) is 0 Å². The number of nitrogens with one attached hydrogen (secondary N) is 1. The number of nitrogens with zero attached hydrogens (tertiary/aromatic N) is 2. The fourth-order valence-corrected chi connectivity index (χ4v) is 3.04. The lowest BCUT2D eigenvalue weighted by Gasteiger charge is -2.08. The topological polar surface area (TPSA) is 46.9 Å². The van der Waals surface area contributed by atoms with E-state index in [9.17, 15) is 9.18 Å². The molecule has 3 aromatic rings. The molecular weight excluding hydrogens is 353 g/mol. The molecule has 0 aliphatic rings. The number of hydrogen-bond donors (Lipinski definition) is 1. The van der Waals surface area contributed by atoms with Crippen molar-refractivity contribution in [2.24, 2.45) is 0 Å². The fraction of sp³-hybridized carbons (Fsp3) is 0.200. The van der Waals surface area contributed by atoms with Gasteiger partial charge < -0.3 is 5.32 Å². The van der Waals surface area contributed by atoms with E-state index in [2.05, 4.69) is 10.4 Å². The second-order valence-electron chi connectivity index (χ2n) is 6.09. The number of aromatic nitrogens is 2. The third-order valence-corrected chi connectivity index (χ3v) is 4.50. The Bertz CT molecular complexity index is 938. The molecule has 26 heavy (non-hydrogen) atoms. The first-order valence-electron chi connectivity index (χ1n) is 8.27. The Hall–Kier alpha value is -2.66. The molecule has 0 aliphatic carbocycles. The van der Waals surface area contributed by atoms with Crippen LogP contribution < -0.4 is 5.32 Å². The molecule has 0 unspecified atom stereocenters. The summed E-state index contributed by atoms with van der Waals surface area (Å²) >= 11 is 5.87. The Morgan fingerprint density at radius 3 is 2.65 bits per heavy atom. The van der Waals surface area contributed by atoms with Crippen molar-refractivity contribution in [2.45, 2.75) is 26.8 Å². The predicted octanol–water partition coefficient (Wildman–Crippen LogP) is 4.14. The van der Waals surface area contributed by atoms with Crippen molar-refractivity contribution in [3.63, 3.8) is 0 Å². The van der Waals surface area contributed by atoms with Gasteiger partial charge in [-0.05, 0) is 44.2 Å². The smallest absolute Gasteiger partial charge is 0.224 e. The van der Waals surface area contributed by atoms with Gasteiger partial charge in [0.15, 0.2) is 0 Å². The van der Waals surface area contributed by atoms with Gasteiger partial charge in [-0.15, -0.1) is 0 Å². The summed E-state index contributed by atoms with van der Waals surface area (Å²) in [6.07, 6.45) is 0.187. The Morgan fingerprint density at radius 1 is 1.19 bits per heavy atom. The summed E-state index contributed by atoms with van der Waals surface area (Å²) in [5.74, 6) is -0.581. The van der Waals surface area contributed by atoms with Gasteiger partial charge in [-0.25, -0.2) is 9.07 Å². The molecule has 1 N–H and O–H groups in total. The third kappa shape index (κ3) is 3.94. The average Bonchev–Trinajstić information content (AvgIpc) is 2.91. The maximum atomic E-state index is 13.7. The molecule has 134 valence electrons. The number of benzene rings is 2. The highest BCUT2D eigenvalue weighted by atomic mass is 35.5. The van der Waals surface area contributed by atoms with Crippen LogP contribution in [0.4, 0.5) is 4.39 Å². The maximum absolute atomic E-state index is 13.7. The van der Waals surface area contributed by atoms with E-state index in [0.29, 0.717) is 10.6 Å². The highest BCUT2D eigenvalue weighted by Gasteiger charge is 2.16. The molecule has 1 amide bonds. The number of aryl methyl sites for hydroxylation is 1. The zero-order valence-electron chi connectivity index (χ0n) is 14.6. The van der Waals surface area contributed by atoms with E-state index in [4.69, 9.17) is 11.6 Å². The Labute approximate surface area is 156 Å². The molecule has 1 aromatic heterocycles. The lowest BCUT2D eigenvalue weighted by Crippen LogP contribution is -2.25. The van der Waals surface area contributed by atoms with Crippen molar-refractivity contribution < 1.29 is 9.18 Å². The van der Waals surface area contributed by atoms with Crippen LogP contribution in [0, 0.1) is 19.7 Å². The van der Waals surface area contributed by atoms with Crippen molar-refractivity contribution in [3.8, 4) is 5.69 Å². The fourth-order valence-electron chi connectivity index (χ4n) is 2.85. The van der Waals surface area contributed by atoms with Gasteiger partial charge in [0.25, 0.3) is 0 Å². The van der Waals surface area contributed by atoms with Crippen LogP contribution in [0.25, 0.3) is 5.69 Å². The molecule has 0 saturated carbocycles. The van der Waals surface area contributed by atoms with Crippen molar-refractivity contribution >= 4 is 17.5 Å². The summed E-state index contributed by atoms with van der Waals surface area (Å²) in [5, 5.41) is 7.72. The van der Waals surface area contributed by atoms with Crippen molar-refractivity contribution in [2.75, 3.05) is 0 Å². The Balaban J connectivity index is 1.72. The third-order valence-electron chi connectivity index (χ3n) is 4.26. The van der Waals surface area contributed by atoms with Gasteiger partial charge in [-0.3, -0.25) is 4.79 Å². The SMILES string of the molecule is Cc1nn(-c2ccccc2)c(C)c1CC(=O)NCc1cc(Cl)ccc1F. The summed E-state index contributed by atoms with van der Waals surface area (Å²) in [6, 6.07) is 14.0. The van der Waals surface area contributed by atoms with E-state index < -0.39 is 0 Å². The first kappa shape index (κ1) is 18.1. The summed E-state index contributed by atoms with van der Waals surface area (Å²) in [4.78, 5) is 12.3. The minimum atomic E-state index is -0.390. The number of hydrogen-bond acceptors (Lipinski definition) is 2. The molecule has 0 atom stereocenters. The number of carbonyl (C=O) groups excluding carboxylic acids is 1. The number of rotatable bonds is 5. The van der Waals surface area contributed by atoms with Gasteiger partial charge in [-0.1, -0.05) is 29.8 Å². The van der Waals surface area contributed by atoms with Crippen LogP contribution in [0.5, 0.6) is 0 Å². The molecule has 0 aliphatic heterocycles. The molecule has 6 heteroatoms. The molecule has 1 heterocycles. The minimum Gasteiger partial charge on any atom is -0.352 e. The van der Waals surface area contributed by atoms with Gasteiger partial charge >= 0.3 is 0 Å². The highest BCUT2D eigenvalue weighted by Crippen LogP contribution is 2.19. The van der Waals surface area contributed by atoms with Crippen LogP contribution in [0.3, 0.4) is 0 Å². The summed E-state index contributed by atoms with van der Waals surface area (Å²) in [7, 11) is 0. The minimum absolute atomic E-state index is 0.0934. The van der Waals surface area contributed by atoms with Crippen LogP contribution in [0.15, 0.2) is 48.5 Å². The second-order valence-corrected chi connectivity index (χ2v) is 6.52. The largest absolute Gasteiger partial charge is 0.352 e. The molecule has 0 fully saturated rings. The zero-order chi connectivity index (χ0) is 18.7. The molecule has 3 rings (SSSR count). The van der Waals surface area contributed by atoms with E-state index in [0.717, 1.165) is 22.6 Å². The van der Waals surface area contributed by atoms with Crippen LogP contribution >= 0.6 is 11.6 Å². The lowest BCUT2D eigenvalue weighted by molar-refractivity contribution is -0.120. The van der Waals surface area contributed by atoms with Gasteiger partial charge in [0.1, 0.15) is 5.82 Å². The molecular formula is C20H19ClFN3O. The number of para-hydroxylation sites is 1. The average molecular weight is 372 g/mol.